The number of amides is 2. The number of morpholine rings is 1. The molecule has 10 heteroatoms. The molecule has 0 spiro atoms. The first-order chi connectivity index (χ1) is 15.7. The molecule has 3 N–H and O–H groups in total. The van der Waals surface area contributed by atoms with Crippen LogP contribution in [-0.4, -0.2) is 57.3 Å². The molecule has 2 amide bonds. The normalized spacial score (nSPS) is 13.8. The van der Waals surface area contributed by atoms with Gasteiger partial charge in [-0.25, -0.2) is 29.7 Å². The average Bonchev–Trinajstić information content (AvgIpc) is 2.84. The fourth-order valence-corrected chi connectivity index (χ4v) is 3.61. The third-order valence-corrected chi connectivity index (χ3v) is 5.15. The maximum Gasteiger partial charge on any atom is 0.317 e. The van der Waals surface area contributed by atoms with E-state index < -0.39 is 6.03 Å². The van der Waals surface area contributed by atoms with E-state index in [0.717, 1.165) is 46.5 Å². The number of ether oxygens (including phenoxy) is 1. The summed E-state index contributed by atoms with van der Waals surface area (Å²) in [6, 6.07) is 8.88. The number of urea groups is 1. The van der Waals surface area contributed by atoms with Gasteiger partial charge in [-0.3, -0.25) is 5.32 Å². The van der Waals surface area contributed by atoms with E-state index in [0.29, 0.717) is 24.9 Å². The first-order valence-electron chi connectivity index (χ1n) is 10.1. The number of nitrogens with two attached hydrogens (primary N) is 1. The van der Waals surface area contributed by atoms with Crippen LogP contribution in [0.1, 0.15) is 0 Å². The van der Waals surface area contributed by atoms with Gasteiger partial charge in [0, 0.05) is 48.2 Å². The molecule has 0 unspecified atom stereocenters. The van der Waals surface area contributed by atoms with Gasteiger partial charge in [-0.15, -0.1) is 0 Å². The molecular formula is C22H20N8O2. The minimum Gasteiger partial charge on any atom is -0.378 e. The van der Waals surface area contributed by atoms with Gasteiger partial charge in [0.05, 0.1) is 18.7 Å². The summed E-state index contributed by atoms with van der Waals surface area (Å²) >= 11 is 0. The molecule has 0 bridgehead atoms. The molecule has 0 atom stereocenters. The largest absolute Gasteiger partial charge is 0.378 e. The minimum atomic E-state index is -0.667. The molecule has 1 aliphatic rings. The number of primary amides is 1. The summed E-state index contributed by atoms with van der Waals surface area (Å²) in [5, 5.41) is 3.41. The predicted molar refractivity (Wildman–Crippen MR) is 120 cm³/mol. The lowest BCUT2D eigenvalue weighted by Crippen LogP contribution is -2.37. The highest BCUT2D eigenvalue weighted by Gasteiger charge is 2.19. The fraction of sp³-hybridized carbons (Fsp3) is 0.182. The third-order valence-electron chi connectivity index (χ3n) is 5.15. The molecule has 0 aliphatic carbocycles. The van der Waals surface area contributed by atoms with Gasteiger partial charge in [0.1, 0.15) is 18.0 Å². The average molecular weight is 428 g/mol. The van der Waals surface area contributed by atoms with Crippen LogP contribution in [0.15, 0.2) is 55.2 Å². The van der Waals surface area contributed by atoms with Crippen molar-refractivity contribution in [3.05, 3.63) is 55.2 Å². The topological polar surface area (TPSA) is 132 Å². The third kappa shape index (κ3) is 4.03. The number of aromatic nitrogens is 5. The molecule has 4 aromatic rings. The highest BCUT2D eigenvalue weighted by atomic mass is 16.5. The zero-order valence-electron chi connectivity index (χ0n) is 17.1. The maximum absolute atomic E-state index is 11.1. The first-order valence-corrected chi connectivity index (χ1v) is 10.1. The van der Waals surface area contributed by atoms with E-state index in [4.69, 9.17) is 20.4 Å². The van der Waals surface area contributed by atoms with Gasteiger partial charge in [-0.05, 0) is 29.8 Å². The van der Waals surface area contributed by atoms with Crippen molar-refractivity contribution in [1.29, 1.82) is 0 Å². The van der Waals surface area contributed by atoms with E-state index in [1.165, 1.54) is 6.33 Å². The summed E-state index contributed by atoms with van der Waals surface area (Å²) in [5.74, 6) is 1.75. The number of hydrogen-bond donors (Lipinski definition) is 2. The van der Waals surface area contributed by atoms with Crippen molar-refractivity contribution in [1.82, 2.24) is 24.9 Å². The Balaban J connectivity index is 1.62. The lowest BCUT2D eigenvalue weighted by Gasteiger charge is -2.29. The van der Waals surface area contributed by atoms with Crippen molar-refractivity contribution in [3.63, 3.8) is 0 Å². The molecule has 4 heterocycles. The summed E-state index contributed by atoms with van der Waals surface area (Å²) in [6.45, 7) is 2.80. The van der Waals surface area contributed by atoms with Crippen LogP contribution < -0.4 is 16.0 Å². The zero-order valence-corrected chi connectivity index (χ0v) is 17.1. The van der Waals surface area contributed by atoms with Gasteiger partial charge in [0.25, 0.3) is 0 Å². The molecule has 1 aliphatic heterocycles. The van der Waals surface area contributed by atoms with Crippen LogP contribution in [0.25, 0.3) is 33.4 Å². The van der Waals surface area contributed by atoms with Gasteiger partial charge in [-0.1, -0.05) is 6.07 Å². The van der Waals surface area contributed by atoms with Crippen molar-refractivity contribution in [2.75, 3.05) is 36.5 Å². The molecule has 160 valence electrons. The molecule has 5 rings (SSSR count). The molecule has 1 aromatic carbocycles. The molecule has 1 saturated heterocycles. The summed E-state index contributed by atoms with van der Waals surface area (Å²) in [6.07, 6.45) is 6.66. The SMILES string of the molecule is NC(=O)Nc1ccc(-c2nc(N3CCOCC3)c3ccc(-c4cncnc4)cc3n2)cn1. The van der Waals surface area contributed by atoms with E-state index in [-0.39, 0.29) is 0 Å². The molecule has 0 saturated carbocycles. The summed E-state index contributed by atoms with van der Waals surface area (Å²) in [7, 11) is 0. The number of pyridine rings is 1. The predicted octanol–water partition coefficient (Wildman–Crippen LogP) is 2.48. The summed E-state index contributed by atoms with van der Waals surface area (Å²) < 4.78 is 5.52. The van der Waals surface area contributed by atoms with E-state index >= 15 is 0 Å². The molecule has 32 heavy (non-hydrogen) atoms. The van der Waals surface area contributed by atoms with Crippen LogP contribution in [-0.2, 0) is 4.74 Å². The Bertz CT molecular complexity index is 1260. The number of hydrogen-bond acceptors (Lipinski definition) is 8. The molecule has 3 aromatic heterocycles. The Morgan fingerprint density at radius 1 is 0.969 bits per heavy atom. The van der Waals surface area contributed by atoms with Gasteiger partial charge in [-0.2, -0.15) is 0 Å². The van der Waals surface area contributed by atoms with Crippen molar-refractivity contribution in [2.45, 2.75) is 0 Å². The number of nitrogens with zero attached hydrogens (tertiary/aromatic N) is 6. The van der Waals surface area contributed by atoms with E-state index in [1.807, 2.05) is 18.2 Å². The Morgan fingerprint density at radius 3 is 2.47 bits per heavy atom. The van der Waals surface area contributed by atoms with Crippen molar-refractivity contribution < 1.29 is 9.53 Å². The maximum atomic E-state index is 11.1. The lowest BCUT2D eigenvalue weighted by molar-refractivity contribution is 0.122. The van der Waals surface area contributed by atoms with E-state index in [9.17, 15) is 4.79 Å². The lowest BCUT2D eigenvalue weighted by atomic mass is 10.1. The van der Waals surface area contributed by atoms with Crippen LogP contribution in [0.4, 0.5) is 16.4 Å². The molecular weight excluding hydrogens is 408 g/mol. The van der Waals surface area contributed by atoms with Crippen LogP contribution in [0.2, 0.25) is 0 Å². The van der Waals surface area contributed by atoms with Crippen LogP contribution >= 0.6 is 0 Å². The first kappa shape index (κ1) is 19.8. The number of rotatable bonds is 4. The smallest absolute Gasteiger partial charge is 0.317 e. The van der Waals surface area contributed by atoms with Crippen molar-refractivity contribution in [3.8, 4) is 22.5 Å². The number of carbonyl (C=O) groups is 1. The minimum absolute atomic E-state index is 0.363. The summed E-state index contributed by atoms with van der Waals surface area (Å²) in [4.78, 5) is 35.4. The Kier molecular flexibility index (Phi) is 5.26. The van der Waals surface area contributed by atoms with E-state index in [2.05, 4.69) is 25.2 Å². The monoisotopic (exact) mass is 428 g/mol. The van der Waals surface area contributed by atoms with Crippen LogP contribution in [0, 0.1) is 0 Å². The Morgan fingerprint density at radius 2 is 1.75 bits per heavy atom. The second-order valence-electron chi connectivity index (χ2n) is 7.25. The van der Waals surface area contributed by atoms with Crippen molar-refractivity contribution in [2.24, 2.45) is 5.73 Å². The fourth-order valence-electron chi connectivity index (χ4n) is 3.61. The number of fused-ring (bicyclic) bond motifs is 1. The van der Waals surface area contributed by atoms with Gasteiger partial charge < -0.3 is 15.4 Å². The molecule has 0 radical (unpaired) electrons. The second-order valence-corrected chi connectivity index (χ2v) is 7.25. The molecule has 1 fully saturated rings. The highest BCUT2D eigenvalue weighted by Crippen LogP contribution is 2.31. The highest BCUT2D eigenvalue weighted by molar-refractivity contribution is 5.94. The summed E-state index contributed by atoms with van der Waals surface area (Å²) in [5.41, 5.74) is 8.57. The Hall–Kier alpha value is -4.18. The quantitative estimate of drug-likeness (QED) is 0.507. The number of nitrogens with one attached hydrogen (secondary N) is 1. The van der Waals surface area contributed by atoms with Crippen LogP contribution in [0.5, 0.6) is 0 Å². The van der Waals surface area contributed by atoms with Crippen molar-refractivity contribution >= 4 is 28.6 Å². The zero-order chi connectivity index (χ0) is 21.9. The van der Waals surface area contributed by atoms with Crippen LogP contribution in [0.3, 0.4) is 0 Å². The number of benzene rings is 1. The standard InChI is InChI=1S/C22H20N8O2/c23-22(31)28-19-4-2-15(12-26-19)20-27-18-9-14(16-10-24-13-25-11-16)1-3-17(18)21(29-20)30-5-7-32-8-6-30/h1-4,9-13H,5-8H2,(H3,23,26,28,31). The van der Waals surface area contributed by atoms with E-state index in [1.54, 1.807) is 30.7 Å². The van der Waals surface area contributed by atoms with Gasteiger partial charge >= 0.3 is 6.03 Å². The molecule has 10 nitrogen and oxygen atoms in total. The number of anilines is 2. The number of carbonyl (C=O) groups excluding carboxylic acids is 1. The second kappa shape index (κ2) is 8.52. The Labute approximate surface area is 183 Å². The van der Waals surface area contributed by atoms with Gasteiger partial charge in [0.15, 0.2) is 5.82 Å². The van der Waals surface area contributed by atoms with Gasteiger partial charge in [0.2, 0.25) is 0 Å².